The highest BCUT2D eigenvalue weighted by Gasteiger charge is 2.51. The Morgan fingerprint density at radius 2 is 1.95 bits per heavy atom. The molecule has 1 fully saturated rings. The van der Waals surface area contributed by atoms with E-state index in [1.165, 1.54) is 24.0 Å². The fourth-order valence-electron chi connectivity index (χ4n) is 5.30. The Balaban J connectivity index is 2.13. The molecule has 0 bridgehead atoms. The lowest BCUT2D eigenvalue weighted by Crippen LogP contribution is -2.50. The second kappa shape index (κ2) is 5.26. The minimum absolute atomic E-state index is 0.0422. The molecule has 2 heteroatoms. The Morgan fingerprint density at radius 3 is 2.59 bits per heavy atom. The predicted molar refractivity (Wildman–Crippen MR) is 90.4 cm³/mol. The topological polar surface area (TPSA) is 40.5 Å². The van der Waals surface area contributed by atoms with Crippen molar-refractivity contribution in [2.75, 3.05) is 6.61 Å². The number of aliphatic hydroxyl groups excluding tert-OH is 1. The summed E-state index contributed by atoms with van der Waals surface area (Å²) in [4.78, 5) is 0. The highest BCUT2D eigenvalue weighted by atomic mass is 16.3. The number of aliphatic hydroxyl groups is 1. The summed E-state index contributed by atoms with van der Waals surface area (Å²) in [5.41, 5.74) is 4.01. The molecule has 0 radical (unpaired) electrons. The second-order valence-corrected chi connectivity index (χ2v) is 8.40. The van der Waals surface area contributed by atoms with Crippen molar-refractivity contribution in [3.8, 4) is 5.75 Å². The van der Waals surface area contributed by atoms with Gasteiger partial charge in [0.15, 0.2) is 0 Å². The van der Waals surface area contributed by atoms with Gasteiger partial charge in [0.05, 0.1) is 0 Å². The average Bonchev–Trinajstić information content (AvgIpc) is 2.46. The van der Waals surface area contributed by atoms with Gasteiger partial charge in [-0.1, -0.05) is 40.2 Å². The molecule has 0 spiro atoms. The first-order chi connectivity index (χ1) is 10.3. The van der Waals surface area contributed by atoms with E-state index in [9.17, 15) is 10.2 Å². The molecule has 0 amide bonds. The predicted octanol–water partition coefficient (Wildman–Crippen LogP) is 4.52. The van der Waals surface area contributed by atoms with Crippen LogP contribution in [0.3, 0.4) is 0 Å². The molecule has 1 aromatic rings. The Morgan fingerprint density at radius 1 is 1.23 bits per heavy atom. The number of aromatic hydroxyl groups is 1. The summed E-state index contributed by atoms with van der Waals surface area (Å²) >= 11 is 0. The zero-order valence-corrected chi connectivity index (χ0v) is 14.4. The minimum atomic E-state index is 0.0422. The SMILES string of the molecule is CC(C)c1cc2c(cc1O)CC[C@H]1[C@@](C)(CO)CCC[C@]21C. The van der Waals surface area contributed by atoms with Crippen LogP contribution in [0.25, 0.3) is 0 Å². The van der Waals surface area contributed by atoms with Gasteiger partial charge in [-0.3, -0.25) is 0 Å². The van der Waals surface area contributed by atoms with E-state index < -0.39 is 0 Å². The van der Waals surface area contributed by atoms with Crippen molar-refractivity contribution in [3.63, 3.8) is 0 Å². The number of phenolic OH excluding ortho intramolecular Hbond substituents is 1. The summed E-state index contributed by atoms with van der Waals surface area (Å²) < 4.78 is 0. The standard InChI is InChI=1S/C20H30O2/c1-13(2)15-11-16-14(10-17(15)22)6-7-18-19(3,12-21)8-5-9-20(16,18)4/h10-11,13,18,21-22H,5-9,12H2,1-4H3/t18-,19+,20+/m0/s1. The molecular weight excluding hydrogens is 272 g/mol. The van der Waals surface area contributed by atoms with Gasteiger partial charge in [0.25, 0.3) is 0 Å². The lowest BCUT2D eigenvalue weighted by Gasteiger charge is -2.55. The van der Waals surface area contributed by atoms with Crippen molar-refractivity contribution in [2.45, 2.75) is 71.1 Å². The zero-order chi connectivity index (χ0) is 16.1. The summed E-state index contributed by atoms with van der Waals surface area (Å²) in [5.74, 6) is 1.33. The van der Waals surface area contributed by atoms with Crippen LogP contribution in [0.15, 0.2) is 12.1 Å². The van der Waals surface area contributed by atoms with Crippen LogP contribution in [0.1, 0.15) is 76.0 Å². The molecule has 122 valence electrons. The first kappa shape index (κ1) is 15.9. The Bertz CT molecular complexity index is 577. The third-order valence-corrected chi connectivity index (χ3v) is 6.61. The molecule has 0 heterocycles. The molecule has 2 nitrogen and oxygen atoms in total. The largest absolute Gasteiger partial charge is 0.508 e. The van der Waals surface area contributed by atoms with Crippen molar-refractivity contribution < 1.29 is 10.2 Å². The number of rotatable bonds is 2. The maximum atomic E-state index is 10.3. The lowest BCUT2D eigenvalue weighted by atomic mass is 9.50. The van der Waals surface area contributed by atoms with E-state index >= 15 is 0 Å². The van der Waals surface area contributed by atoms with Crippen LogP contribution in [-0.4, -0.2) is 16.8 Å². The molecule has 0 aliphatic heterocycles. The van der Waals surface area contributed by atoms with Crippen LogP contribution in [0.4, 0.5) is 0 Å². The highest BCUT2D eigenvalue weighted by Crippen LogP contribution is 2.57. The number of hydrogen-bond acceptors (Lipinski definition) is 2. The molecule has 3 rings (SSSR count). The second-order valence-electron chi connectivity index (χ2n) is 8.40. The highest BCUT2D eigenvalue weighted by molar-refractivity contribution is 5.48. The molecule has 22 heavy (non-hydrogen) atoms. The molecule has 2 aliphatic rings. The summed E-state index contributed by atoms with van der Waals surface area (Å²) in [6.45, 7) is 9.23. The van der Waals surface area contributed by atoms with Gasteiger partial charge in [-0.15, -0.1) is 0 Å². The van der Waals surface area contributed by atoms with E-state index in [0.29, 0.717) is 17.6 Å². The summed E-state index contributed by atoms with van der Waals surface area (Å²) in [6.07, 6.45) is 5.66. The Hall–Kier alpha value is -1.02. The quantitative estimate of drug-likeness (QED) is 0.843. The van der Waals surface area contributed by atoms with Crippen molar-refractivity contribution in [2.24, 2.45) is 11.3 Å². The molecule has 0 saturated heterocycles. The fourth-order valence-corrected chi connectivity index (χ4v) is 5.30. The van der Waals surface area contributed by atoms with E-state index in [1.807, 2.05) is 6.07 Å². The normalized spacial score (nSPS) is 34.4. The number of aryl methyl sites for hydroxylation is 1. The lowest BCUT2D eigenvalue weighted by molar-refractivity contribution is -0.0179. The molecule has 1 saturated carbocycles. The van der Waals surface area contributed by atoms with E-state index in [1.54, 1.807) is 0 Å². The summed E-state index contributed by atoms with van der Waals surface area (Å²) in [7, 11) is 0. The summed E-state index contributed by atoms with van der Waals surface area (Å²) in [6, 6.07) is 4.28. The Labute approximate surface area is 134 Å². The fraction of sp³-hybridized carbons (Fsp3) is 0.700. The van der Waals surface area contributed by atoms with Gasteiger partial charge in [-0.2, -0.15) is 0 Å². The molecule has 1 aromatic carbocycles. The number of fused-ring (bicyclic) bond motifs is 3. The van der Waals surface area contributed by atoms with Gasteiger partial charge in [0.1, 0.15) is 5.75 Å². The van der Waals surface area contributed by atoms with Crippen LogP contribution in [0, 0.1) is 11.3 Å². The smallest absolute Gasteiger partial charge is 0.119 e. The molecule has 2 aliphatic carbocycles. The van der Waals surface area contributed by atoms with Crippen LogP contribution in [0.2, 0.25) is 0 Å². The van der Waals surface area contributed by atoms with Crippen molar-refractivity contribution in [1.29, 1.82) is 0 Å². The van der Waals surface area contributed by atoms with Crippen LogP contribution in [0.5, 0.6) is 5.75 Å². The number of phenols is 1. The number of hydrogen-bond donors (Lipinski definition) is 2. The third kappa shape index (κ3) is 2.19. The average molecular weight is 302 g/mol. The first-order valence-electron chi connectivity index (χ1n) is 8.79. The third-order valence-electron chi connectivity index (χ3n) is 6.61. The van der Waals surface area contributed by atoms with Gasteiger partial charge in [-0.25, -0.2) is 0 Å². The van der Waals surface area contributed by atoms with Crippen molar-refractivity contribution in [3.05, 3.63) is 28.8 Å². The van der Waals surface area contributed by atoms with Gasteiger partial charge in [0, 0.05) is 6.61 Å². The zero-order valence-electron chi connectivity index (χ0n) is 14.4. The van der Waals surface area contributed by atoms with Crippen LogP contribution < -0.4 is 0 Å². The van der Waals surface area contributed by atoms with E-state index in [-0.39, 0.29) is 17.4 Å². The molecule has 3 atom stereocenters. The molecular formula is C20H30O2. The van der Waals surface area contributed by atoms with Gasteiger partial charge in [0.2, 0.25) is 0 Å². The molecule has 0 unspecified atom stereocenters. The van der Waals surface area contributed by atoms with Crippen molar-refractivity contribution in [1.82, 2.24) is 0 Å². The van der Waals surface area contributed by atoms with E-state index in [4.69, 9.17) is 0 Å². The molecule has 0 aromatic heterocycles. The monoisotopic (exact) mass is 302 g/mol. The minimum Gasteiger partial charge on any atom is -0.508 e. The van der Waals surface area contributed by atoms with E-state index in [2.05, 4.69) is 33.8 Å². The maximum Gasteiger partial charge on any atom is 0.119 e. The summed E-state index contributed by atoms with van der Waals surface area (Å²) in [5, 5.41) is 20.3. The van der Waals surface area contributed by atoms with Gasteiger partial charge in [-0.05, 0) is 71.1 Å². The molecule has 2 N–H and O–H groups in total. The van der Waals surface area contributed by atoms with Gasteiger partial charge < -0.3 is 10.2 Å². The van der Waals surface area contributed by atoms with Crippen LogP contribution >= 0.6 is 0 Å². The van der Waals surface area contributed by atoms with Gasteiger partial charge >= 0.3 is 0 Å². The Kier molecular flexibility index (Phi) is 3.79. The van der Waals surface area contributed by atoms with Crippen molar-refractivity contribution >= 4 is 0 Å². The van der Waals surface area contributed by atoms with Crippen LogP contribution in [-0.2, 0) is 11.8 Å². The van der Waals surface area contributed by atoms with E-state index in [0.717, 1.165) is 24.8 Å². The first-order valence-corrected chi connectivity index (χ1v) is 8.79. The number of benzene rings is 1. The maximum absolute atomic E-state index is 10.3.